The molecule has 0 aromatic rings. The summed E-state index contributed by atoms with van der Waals surface area (Å²) in [6.07, 6.45) is 4.17. The van der Waals surface area contributed by atoms with Crippen LogP contribution in [0, 0.1) is 5.92 Å². The van der Waals surface area contributed by atoms with Crippen LogP contribution in [-0.2, 0) is 0 Å². The van der Waals surface area contributed by atoms with E-state index in [0.717, 1.165) is 31.6 Å². The molecule has 0 aromatic carbocycles. The van der Waals surface area contributed by atoms with Crippen LogP contribution < -0.4 is 0 Å². The third kappa shape index (κ3) is 1.45. The van der Waals surface area contributed by atoms with Crippen LogP contribution >= 0.6 is 0 Å². The predicted octanol–water partition coefficient (Wildman–Crippen LogP) is 1.95. The predicted molar refractivity (Wildman–Crippen MR) is 38.3 cm³/mol. The minimum Gasteiger partial charge on any atom is -0.390 e. The maximum atomic E-state index is 9.58. The van der Waals surface area contributed by atoms with Gasteiger partial charge in [-0.2, -0.15) is 0 Å². The van der Waals surface area contributed by atoms with E-state index < -0.39 is 0 Å². The third-order valence-corrected chi connectivity index (χ3v) is 2.17. The van der Waals surface area contributed by atoms with Gasteiger partial charge in [-0.3, -0.25) is 0 Å². The average Bonchev–Trinajstić information content (AvgIpc) is 1.62. The minimum atomic E-state index is -0.256. The topological polar surface area (TPSA) is 20.2 Å². The fourth-order valence-corrected chi connectivity index (χ4v) is 1.91. The molecule has 0 bridgehead atoms. The maximum absolute atomic E-state index is 9.58. The second kappa shape index (κ2) is 2.30. The van der Waals surface area contributed by atoms with Crippen LogP contribution in [0.15, 0.2) is 0 Å². The normalized spacial score (nSPS) is 42.3. The van der Waals surface area contributed by atoms with Crippen molar-refractivity contribution in [2.24, 2.45) is 5.92 Å². The molecule has 0 unspecified atom stereocenters. The Morgan fingerprint density at radius 2 is 2.11 bits per heavy atom. The molecule has 0 spiro atoms. The lowest BCUT2D eigenvalue weighted by Gasteiger charge is -2.42. The summed E-state index contributed by atoms with van der Waals surface area (Å²) in [7, 11) is 0. The lowest BCUT2D eigenvalue weighted by atomic mass is 9.70. The monoisotopic (exact) mass is 128 g/mol. The average molecular weight is 128 g/mol. The van der Waals surface area contributed by atoms with Gasteiger partial charge in [0, 0.05) is 0 Å². The first kappa shape index (κ1) is 7.07. The quantitative estimate of drug-likeness (QED) is 0.602. The molecule has 0 heterocycles. The summed E-state index contributed by atoms with van der Waals surface area (Å²) in [5.74, 6) is 0.765. The molecule has 0 aliphatic heterocycles. The van der Waals surface area contributed by atoms with Gasteiger partial charge in [-0.25, -0.2) is 0 Å². The molecule has 9 heavy (non-hydrogen) atoms. The molecule has 0 amide bonds. The van der Waals surface area contributed by atoms with E-state index in [0.29, 0.717) is 0 Å². The highest BCUT2D eigenvalue weighted by Crippen LogP contribution is 2.40. The summed E-state index contributed by atoms with van der Waals surface area (Å²) >= 11 is 0. The van der Waals surface area contributed by atoms with Crippen LogP contribution in [0.1, 0.15) is 39.5 Å². The van der Waals surface area contributed by atoms with Gasteiger partial charge >= 0.3 is 0 Å². The van der Waals surface area contributed by atoms with Crippen molar-refractivity contribution in [2.75, 3.05) is 0 Å². The summed E-state index contributed by atoms with van der Waals surface area (Å²) in [4.78, 5) is 0. The highest BCUT2D eigenvalue weighted by Gasteiger charge is 2.38. The van der Waals surface area contributed by atoms with Crippen molar-refractivity contribution in [3.05, 3.63) is 0 Å². The van der Waals surface area contributed by atoms with Gasteiger partial charge in [0.05, 0.1) is 5.60 Å². The zero-order valence-electron chi connectivity index (χ0n) is 6.35. The second-order valence-electron chi connectivity index (χ2n) is 3.49. The molecule has 1 aliphatic rings. The fourth-order valence-electron chi connectivity index (χ4n) is 1.91. The molecule has 1 saturated carbocycles. The zero-order chi connectivity index (χ0) is 6.91. The fraction of sp³-hybridized carbons (Fsp3) is 1.00. The first-order valence-corrected chi connectivity index (χ1v) is 3.89. The van der Waals surface area contributed by atoms with E-state index >= 15 is 0 Å². The molecule has 0 aromatic heterocycles. The first-order chi connectivity index (χ1) is 4.16. The summed E-state index contributed by atoms with van der Waals surface area (Å²) in [5.41, 5.74) is -0.256. The van der Waals surface area contributed by atoms with E-state index in [-0.39, 0.29) is 5.60 Å². The van der Waals surface area contributed by atoms with Crippen molar-refractivity contribution in [3.63, 3.8) is 0 Å². The van der Waals surface area contributed by atoms with Crippen LogP contribution in [0.25, 0.3) is 0 Å². The largest absolute Gasteiger partial charge is 0.390 e. The van der Waals surface area contributed by atoms with Gasteiger partial charge in [0.1, 0.15) is 0 Å². The van der Waals surface area contributed by atoms with Gasteiger partial charge in [0.2, 0.25) is 0 Å². The molecule has 1 fully saturated rings. The molecule has 54 valence electrons. The van der Waals surface area contributed by atoms with Gasteiger partial charge < -0.3 is 5.11 Å². The highest BCUT2D eigenvalue weighted by molar-refractivity contribution is 4.91. The Morgan fingerprint density at radius 3 is 2.44 bits per heavy atom. The van der Waals surface area contributed by atoms with Crippen molar-refractivity contribution in [2.45, 2.75) is 45.1 Å². The molecular weight excluding hydrogens is 112 g/mol. The first-order valence-electron chi connectivity index (χ1n) is 3.89. The van der Waals surface area contributed by atoms with Gasteiger partial charge in [-0.15, -0.1) is 0 Å². The van der Waals surface area contributed by atoms with Crippen LogP contribution in [-0.4, -0.2) is 10.7 Å². The van der Waals surface area contributed by atoms with E-state index in [9.17, 15) is 5.11 Å². The van der Waals surface area contributed by atoms with Crippen molar-refractivity contribution in [3.8, 4) is 0 Å². The Kier molecular flexibility index (Phi) is 1.80. The van der Waals surface area contributed by atoms with Crippen molar-refractivity contribution >= 4 is 0 Å². The van der Waals surface area contributed by atoms with E-state index in [2.05, 4.69) is 13.8 Å². The number of hydrogen-bond acceptors (Lipinski definition) is 1. The second-order valence-corrected chi connectivity index (χ2v) is 3.49. The Balaban J connectivity index is 2.23. The Hall–Kier alpha value is -0.0400. The van der Waals surface area contributed by atoms with Gasteiger partial charge in [-0.05, 0) is 25.2 Å². The Morgan fingerprint density at radius 1 is 1.56 bits per heavy atom. The highest BCUT2D eigenvalue weighted by atomic mass is 16.3. The van der Waals surface area contributed by atoms with Crippen LogP contribution in [0.5, 0.6) is 0 Å². The van der Waals surface area contributed by atoms with E-state index in [4.69, 9.17) is 0 Å². The minimum absolute atomic E-state index is 0.256. The summed E-state index contributed by atoms with van der Waals surface area (Å²) in [6.45, 7) is 4.32. The molecule has 1 N–H and O–H groups in total. The van der Waals surface area contributed by atoms with E-state index in [1.807, 2.05) is 0 Å². The van der Waals surface area contributed by atoms with Crippen molar-refractivity contribution in [1.29, 1.82) is 0 Å². The summed E-state index contributed by atoms with van der Waals surface area (Å²) < 4.78 is 0. The Labute approximate surface area is 57.1 Å². The van der Waals surface area contributed by atoms with Crippen molar-refractivity contribution < 1.29 is 5.11 Å². The summed E-state index contributed by atoms with van der Waals surface area (Å²) in [6, 6.07) is 0. The van der Waals surface area contributed by atoms with E-state index in [1.54, 1.807) is 0 Å². The standard InChI is InChI=1S/C8H16O/c1-3-4-8(9)5-7(2)6-8/h7,9H,3-6H2,1-2H3. The van der Waals surface area contributed by atoms with Crippen molar-refractivity contribution in [1.82, 2.24) is 0 Å². The van der Waals surface area contributed by atoms with E-state index in [1.165, 1.54) is 0 Å². The Bertz CT molecular complexity index is 87.2. The molecule has 1 nitrogen and oxygen atoms in total. The smallest absolute Gasteiger partial charge is 0.0652 e. The zero-order valence-corrected chi connectivity index (χ0v) is 6.35. The maximum Gasteiger partial charge on any atom is 0.0652 e. The van der Waals surface area contributed by atoms with Gasteiger partial charge in [0.25, 0.3) is 0 Å². The molecule has 1 rings (SSSR count). The molecule has 0 atom stereocenters. The number of hydrogen-bond donors (Lipinski definition) is 1. The molecular formula is C8H16O. The molecule has 0 saturated heterocycles. The number of aliphatic hydroxyl groups is 1. The van der Waals surface area contributed by atoms with Crippen LogP contribution in [0.2, 0.25) is 0 Å². The number of rotatable bonds is 2. The molecule has 0 radical (unpaired) electrons. The lowest BCUT2D eigenvalue weighted by Crippen LogP contribution is -2.42. The summed E-state index contributed by atoms with van der Waals surface area (Å²) in [5, 5.41) is 9.58. The third-order valence-electron chi connectivity index (χ3n) is 2.17. The van der Waals surface area contributed by atoms with Crippen LogP contribution in [0.3, 0.4) is 0 Å². The van der Waals surface area contributed by atoms with Gasteiger partial charge in [-0.1, -0.05) is 20.3 Å². The lowest BCUT2D eigenvalue weighted by molar-refractivity contribution is -0.0739. The molecule has 1 heteroatoms. The SMILES string of the molecule is CCCC1(O)CC(C)C1. The molecule has 1 aliphatic carbocycles. The van der Waals surface area contributed by atoms with Crippen LogP contribution in [0.4, 0.5) is 0 Å². The van der Waals surface area contributed by atoms with Gasteiger partial charge in [0.15, 0.2) is 0 Å².